The summed E-state index contributed by atoms with van der Waals surface area (Å²) < 4.78 is 1.89. The monoisotopic (exact) mass is 332 g/mol. The molecule has 0 bridgehead atoms. The first-order valence-corrected chi connectivity index (χ1v) is 8.02. The van der Waals surface area contributed by atoms with E-state index in [0.29, 0.717) is 4.80 Å². The van der Waals surface area contributed by atoms with Gasteiger partial charge in [0.15, 0.2) is 4.80 Å². The molecule has 1 aromatic heterocycles. The maximum atomic E-state index is 12.3. The van der Waals surface area contributed by atoms with Crippen molar-refractivity contribution in [2.45, 2.75) is 33.1 Å². The SMILES string of the molecule is Cc1c(C(C)(C)C)s/c(=N\C(=O)c2cccc(C(=O)O)c2)n1C. The first kappa shape index (κ1) is 17.1. The summed E-state index contributed by atoms with van der Waals surface area (Å²) in [6.07, 6.45) is 0. The van der Waals surface area contributed by atoms with Crippen LogP contribution in [0.5, 0.6) is 0 Å². The molecule has 23 heavy (non-hydrogen) atoms. The highest BCUT2D eigenvalue weighted by atomic mass is 32.1. The van der Waals surface area contributed by atoms with Crippen molar-refractivity contribution in [3.63, 3.8) is 0 Å². The third kappa shape index (κ3) is 3.59. The molecule has 0 saturated carbocycles. The van der Waals surface area contributed by atoms with Crippen LogP contribution in [0.15, 0.2) is 29.3 Å². The van der Waals surface area contributed by atoms with Gasteiger partial charge in [0.05, 0.1) is 5.56 Å². The van der Waals surface area contributed by atoms with Gasteiger partial charge in [-0.1, -0.05) is 26.8 Å². The third-order valence-electron chi connectivity index (χ3n) is 3.55. The van der Waals surface area contributed by atoms with Crippen LogP contribution < -0.4 is 4.80 Å². The summed E-state index contributed by atoms with van der Waals surface area (Å²) in [4.78, 5) is 29.3. The molecular formula is C17H20N2O3S. The van der Waals surface area contributed by atoms with Crippen LogP contribution >= 0.6 is 11.3 Å². The smallest absolute Gasteiger partial charge is 0.335 e. The number of carbonyl (C=O) groups excluding carboxylic acids is 1. The number of hydrogen-bond donors (Lipinski definition) is 1. The Kier molecular flexibility index (Phi) is 4.56. The van der Waals surface area contributed by atoms with Gasteiger partial charge in [0.25, 0.3) is 5.91 Å². The standard InChI is InChI=1S/C17H20N2O3S/c1-10-13(17(2,3)4)23-16(19(10)5)18-14(20)11-7-6-8-12(9-11)15(21)22/h6-9H,1-5H3,(H,21,22)/b18-16-. The van der Waals surface area contributed by atoms with E-state index in [1.807, 2.05) is 18.5 Å². The average Bonchev–Trinajstić information content (AvgIpc) is 2.75. The first-order valence-electron chi connectivity index (χ1n) is 7.20. The Morgan fingerprint density at radius 2 is 1.83 bits per heavy atom. The number of rotatable bonds is 2. The summed E-state index contributed by atoms with van der Waals surface area (Å²) >= 11 is 1.49. The lowest BCUT2D eigenvalue weighted by Gasteiger charge is -2.17. The Bertz CT molecular complexity index is 838. The molecule has 0 spiro atoms. The minimum absolute atomic E-state index is 0.0213. The van der Waals surface area contributed by atoms with Gasteiger partial charge in [0, 0.05) is 23.2 Å². The van der Waals surface area contributed by atoms with Gasteiger partial charge in [-0.15, -0.1) is 11.3 Å². The molecule has 0 aliphatic rings. The summed E-state index contributed by atoms with van der Waals surface area (Å²) in [5.41, 5.74) is 1.40. The van der Waals surface area contributed by atoms with Crippen LogP contribution in [0.2, 0.25) is 0 Å². The highest BCUT2D eigenvalue weighted by molar-refractivity contribution is 7.09. The van der Waals surface area contributed by atoms with E-state index in [1.54, 1.807) is 12.1 Å². The second-order valence-electron chi connectivity index (χ2n) is 6.41. The molecule has 6 heteroatoms. The van der Waals surface area contributed by atoms with Crippen molar-refractivity contribution < 1.29 is 14.7 Å². The van der Waals surface area contributed by atoms with E-state index in [2.05, 4.69) is 25.8 Å². The minimum Gasteiger partial charge on any atom is -0.478 e. The lowest BCUT2D eigenvalue weighted by atomic mass is 9.93. The summed E-state index contributed by atoms with van der Waals surface area (Å²) in [5.74, 6) is -1.50. The molecule has 1 N–H and O–H groups in total. The molecule has 2 rings (SSSR count). The first-order chi connectivity index (χ1) is 10.6. The molecule has 0 aliphatic heterocycles. The predicted molar refractivity (Wildman–Crippen MR) is 90.0 cm³/mol. The zero-order valence-corrected chi connectivity index (χ0v) is 14.7. The van der Waals surface area contributed by atoms with Gasteiger partial charge in [-0.3, -0.25) is 4.79 Å². The van der Waals surface area contributed by atoms with E-state index in [9.17, 15) is 9.59 Å². The average molecular weight is 332 g/mol. The molecule has 0 aliphatic carbocycles. The Hall–Kier alpha value is -2.21. The van der Waals surface area contributed by atoms with E-state index < -0.39 is 11.9 Å². The fourth-order valence-electron chi connectivity index (χ4n) is 2.26. The van der Waals surface area contributed by atoms with Crippen LogP contribution in [0.25, 0.3) is 0 Å². The van der Waals surface area contributed by atoms with Gasteiger partial charge >= 0.3 is 5.97 Å². The van der Waals surface area contributed by atoms with Gasteiger partial charge < -0.3 is 9.67 Å². The molecule has 0 fully saturated rings. The van der Waals surface area contributed by atoms with Crippen LogP contribution in [0, 0.1) is 6.92 Å². The molecule has 1 aromatic carbocycles. The van der Waals surface area contributed by atoms with Crippen molar-refractivity contribution in [2.75, 3.05) is 0 Å². The fourth-order valence-corrected chi connectivity index (χ4v) is 3.44. The number of hydrogen-bond acceptors (Lipinski definition) is 3. The lowest BCUT2D eigenvalue weighted by Crippen LogP contribution is -2.15. The van der Waals surface area contributed by atoms with Crippen molar-refractivity contribution in [2.24, 2.45) is 12.0 Å². The number of carbonyl (C=O) groups is 2. The summed E-state index contributed by atoms with van der Waals surface area (Å²) in [5, 5.41) is 9.01. The summed E-state index contributed by atoms with van der Waals surface area (Å²) in [6, 6.07) is 5.92. The number of amides is 1. The summed E-state index contributed by atoms with van der Waals surface area (Å²) in [6.45, 7) is 8.36. The van der Waals surface area contributed by atoms with Crippen LogP contribution in [0.1, 0.15) is 52.1 Å². The zero-order valence-electron chi connectivity index (χ0n) is 13.9. The fraction of sp³-hybridized carbons (Fsp3) is 0.353. The van der Waals surface area contributed by atoms with E-state index in [0.717, 1.165) is 5.69 Å². The normalized spacial score (nSPS) is 12.5. The Morgan fingerprint density at radius 3 is 2.35 bits per heavy atom. The lowest BCUT2D eigenvalue weighted by molar-refractivity contribution is 0.0697. The largest absolute Gasteiger partial charge is 0.478 e. The predicted octanol–water partition coefficient (Wildman–Crippen LogP) is 3.13. The molecule has 5 nitrogen and oxygen atoms in total. The number of aromatic carboxylic acids is 1. The molecule has 1 heterocycles. The second kappa shape index (κ2) is 6.12. The zero-order chi connectivity index (χ0) is 17.4. The van der Waals surface area contributed by atoms with Gasteiger partial charge in [0.1, 0.15) is 0 Å². The Balaban J connectivity index is 2.49. The van der Waals surface area contributed by atoms with Crippen molar-refractivity contribution in [3.05, 3.63) is 50.8 Å². The topological polar surface area (TPSA) is 71.7 Å². The van der Waals surface area contributed by atoms with Crippen molar-refractivity contribution in [3.8, 4) is 0 Å². The van der Waals surface area contributed by atoms with Gasteiger partial charge in [0.2, 0.25) is 0 Å². The minimum atomic E-state index is -1.06. The highest BCUT2D eigenvalue weighted by Gasteiger charge is 2.21. The number of aromatic nitrogens is 1. The molecular weight excluding hydrogens is 312 g/mol. The van der Waals surface area contributed by atoms with Crippen LogP contribution in [0.4, 0.5) is 0 Å². The van der Waals surface area contributed by atoms with Crippen LogP contribution in [-0.4, -0.2) is 21.6 Å². The molecule has 1 amide bonds. The molecule has 0 unspecified atom stereocenters. The number of carboxylic acid groups (broad SMARTS) is 1. The van der Waals surface area contributed by atoms with Crippen molar-refractivity contribution in [1.29, 1.82) is 0 Å². The van der Waals surface area contributed by atoms with Crippen molar-refractivity contribution >= 4 is 23.2 Å². The van der Waals surface area contributed by atoms with E-state index in [-0.39, 0.29) is 16.5 Å². The molecule has 0 saturated heterocycles. The van der Waals surface area contributed by atoms with Gasteiger partial charge in [-0.05, 0) is 30.5 Å². The Labute approximate surface area is 138 Å². The van der Waals surface area contributed by atoms with Gasteiger partial charge in [-0.2, -0.15) is 4.99 Å². The maximum Gasteiger partial charge on any atom is 0.335 e. The maximum absolute atomic E-state index is 12.3. The molecule has 122 valence electrons. The molecule has 2 aromatic rings. The number of nitrogens with zero attached hydrogens (tertiary/aromatic N) is 2. The third-order valence-corrected chi connectivity index (χ3v) is 5.21. The van der Waals surface area contributed by atoms with E-state index in [4.69, 9.17) is 5.11 Å². The molecule has 0 radical (unpaired) electrons. The van der Waals surface area contributed by atoms with Crippen molar-refractivity contribution in [1.82, 2.24) is 4.57 Å². The number of thiazole rings is 1. The highest BCUT2D eigenvalue weighted by Crippen LogP contribution is 2.27. The Morgan fingerprint density at radius 1 is 1.22 bits per heavy atom. The van der Waals surface area contributed by atoms with Crippen LogP contribution in [0.3, 0.4) is 0 Å². The number of carboxylic acids is 1. The quantitative estimate of drug-likeness (QED) is 0.918. The summed E-state index contributed by atoms with van der Waals surface area (Å²) in [7, 11) is 1.88. The number of benzene rings is 1. The van der Waals surface area contributed by atoms with E-state index >= 15 is 0 Å². The van der Waals surface area contributed by atoms with Crippen LogP contribution in [-0.2, 0) is 12.5 Å². The van der Waals surface area contributed by atoms with E-state index in [1.165, 1.54) is 28.3 Å². The molecule has 0 atom stereocenters. The second-order valence-corrected chi connectivity index (χ2v) is 7.39. The van der Waals surface area contributed by atoms with Gasteiger partial charge in [-0.25, -0.2) is 4.79 Å².